The maximum atomic E-state index is 9.32. The third-order valence-corrected chi connectivity index (χ3v) is 2.64. The molecule has 3 N–H and O–H groups in total. The SMILES string of the molecule is Oc1cccc(C=NNc2nc3ccccc3[nH]2)c1. The smallest absolute Gasteiger partial charge is 0.222 e. The lowest BCUT2D eigenvalue weighted by molar-refractivity contribution is 0.475. The molecule has 3 rings (SSSR count). The number of para-hydroxylation sites is 2. The second-order valence-corrected chi connectivity index (χ2v) is 4.07. The second-order valence-electron chi connectivity index (χ2n) is 4.07. The minimum absolute atomic E-state index is 0.215. The summed E-state index contributed by atoms with van der Waals surface area (Å²) in [4.78, 5) is 7.44. The van der Waals surface area contributed by atoms with Crippen molar-refractivity contribution in [3.8, 4) is 5.75 Å². The van der Waals surface area contributed by atoms with Crippen molar-refractivity contribution >= 4 is 23.2 Å². The van der Waals surface area contributed by atoms with Gasteiger partial charge < -0.3 is 10.1 Å². The minimum atomic E-state index is 0.215. The number of rotatable bonds is 3. The number of phenolic OH excluding ortho intramolecular Hbond substituents is 1. The Balaban J connectivity index is 1.75. The zero-order valence-corrected chi connectivity index (χ0v) is 10.0. The van der Waals surface area contributed by atoms with E-state index in [2.05, 4.69) is 20.5 Å². The summed E-state index contributed by atoms with van der Waals surface area (Å²) < 4.78 is 0. The number of aromatic amines is 1. The monoisotopic (exact) mass is 252 g/mol. The molecule has 0 atom stereocenters. The molecule has 0 spiro atoms. The molecule has 1 heterocycles. The van der Waals surface area contributed by atoms with Crippen LogP contribution >= 0.6 is 0 Å². The number of fused-ring (bicyclic) bond motifs is 1. The number of nitrogens with zero attached hydrogens (tertiary/aromatic N) is 2. The summed E-state index contributed by atoms with van der Waals surface area (Å²) in [6, 6.07) is 14.6. The Morgan fingerprint density at radius 2 is 2.05 bits per heavy atom. The van der Waals surface area contributed by atoms with Crippen LogP contribution in [0.1, 0.15) is 5.56 Å². The molecule has 19 heavy (non-hydrogen) atoms. The first-order valence-electron chi connectivity index (χ1n) is 5.84. The average Bonchev–Trinajstić information content (AvgIpc) is 2.81. The number of imidazole rings is 1. The number of hydrogen-bond acceptors (Lipinski definition) is 4. The van der Waals surface area contributed by atoms with Gasteiger partial charge >= 0.3 is 0 Å². The van der Waals surface area contributed by atoms with Crippen molar-refractivity contribution in [3.63, 3.8) is 0 Å². The van der Waals surface area contributed by atoms with Crippen LogP contribution in [0.3, 0.4) is 0 Å². The maximum absolute atomic E-state index is 9.32. The highest BCUT2D eigenvalue weighted by Crippen LogP contribution is 2.13. The molecule has 1 aromatic heterocycles. The molecular weight excluding hydrogens is 240 g/mol. The predicted octanol–water partition coefficient (Wildman–Crippen LogP) is 2.71. The first-order valence-corrected chi connectivity index (χ1v) is 5.84. The molecule has 2 aromatic carbocycles. The molecule has 0 unspecified atom stereocenters. The molecule has 0 aliphatic heterocycles. The third kappa shape index (κ3) is 2.55. The van der Waals surface area contributed by atoms with E-state index in [4.69, 9.17) is 0 Å². The first kappa shape index (κ1) is 11.3. The standard InChI is InChI=1S/C14H12N4O/c19-11-5-3-4-10(8-11)9-15-18-14-16-12-6-1-2-7-13(12)17-14/h1-9,19H,(H2,16,17,18). The summed E-state index contributed by atoms with van der Waals surface area (Å²) in [6.45, 7) is 0. The van der Waals surface area contributed by atoms with E-state index in [-0.39, 0.29) is 5.75 Å². The fourth-order valence-corrected chi connectivity index (χ4v) is 1.78. The van der Waals surface area contributed by atoms with Crippen molar-refractivity contribution in [2.24, 2.45) is 5.10 Å². The molecule has 0 aliphatic rings. The van der Waals surface area contributed by atoms with E-state index in [1.807, 2.05) is 30.3 Å². The lowest BCUT2D eigenvalue weighted by Gasteiger charge is -1.95. The average molecular weight is 252 g/mol. The second kappa shape index (κ2) is 4.81. The van der Waals surface area contributed by atoms with Crippen LogP contribution in [0.25, 0.3) is 11.0 Å². The van der Waals surface area contributed by atoms with Gasteiger partial charge in [0.25, 0.3) is 0 Å². The van der Waals surface area contributed by atoms with Crippen LogP contribution in [0, 0.1) is 0 Å². The number of aromatic hydroxyl groups is 1. The van der Waals surface area contributed by atoms with Crippen LogP contribution < -0.4 is 5.43 Å². The van der Waals surface area contributed by atoms with Crippen molar-refractivity contribution in [2.45, 2.75) is 0 Å². The van der Waals surface area contributed by atoms with Gasteiger partial charge in [0, 0.05) is 0 Å². The molecule has 0 amide bonds. The lowest BCUT2D eigenvalue weighted by Crippen LogP contribution is -1.92. The Labute approximate surface area is 109 Å². The Morgan fingerprint density at radius 1 is 1.16 bits per heavy atom. The van der Waals surface area contributed by atoms with E-state index in [1.165, 1.54) is 0 Å². The van der Waals surface area contributed by atoms with E-state index < -0.39 is 0 Å². The highest BCUT2D eigenvalue weighted by atomic mass is 16.3. The summed E-state index contributed by atoms with van der Waals surface area (Å²) in [5.41, 5.74) is 5.47. The van der Waals surface area contributed by atoms with Crippen LogP contribution in [-0.4, -0.2) is 21.3 Å². The van der Waals surface area contributed by atoms with Crippen molar-refractivity contribution in [1.29, 1.82) is 0 Å². The van der Waals surface area contributed by atoms with Crippen molar-refractivity contribution in [3.05, 3.63) is 54.1 Å². The molecule has 0 fully saturated rings. The topological polar surface area (TPSA) is 73.3 Å². The molecule has 0 saturated carbocycles. The Kier molecular flexibility index (Phi) is 2.86. The summed E-state index contributed by atoms with van der Waals surface area (Å²) in [6.07, 6.45) is 1.62. The zero-order chi connectivity index (χ0) is 13.1. The van der Waals surface area contributed by atoms with E-state index in [0.717, 1.165) is 16.6 Å². The van der Waals surface area contributed by atoms with E-state index >= 15 is 0 Å². The predicted molar refractivity (Wildman–Crippen MR) is 75.4 cm³/mol. The number of aromatic nitrogens is 2. The van der Waals surface area contributed by atoms with Gasteiger partial charge in [0.15, 0.2) is 0 Å². The molecule has 5 heteroatoms. The summed E-state index contributed by atoms with van der Waals surface area (Å²) in [5.74, 6) is 0.797. The van der Waals surface area contributed by atoms with Crippen molar-refractivity contribution in [2.75, 3.05) is 5.43 Å². The third-order valence-electron chi connectivity index (χ3n) is 2.64. The minimum Gasteiger partial charge on any atom is -0.508 e. The summed E-state index contributed by atoms with van der Waals surface area (Å²) in [5, 5.41) is 13.4. The molecule has 0 saturated heterocycles. The number of H-pyrrole nitrogens is 1. The fraction of sp³-hybridized carbons (Fsp3) is 0. The number of hydrazone groups is 1. The van der Waals surface area contributed by atoms with Gasteiger partial charge in [-0.05, 0) is 29.8 Å². The van der Waals surface area contributed by atoms with Gasteiger partial charge in [-0.25, -0.2) is 10.4 Å². The Hall–Kier alpha value is -2.82. The Morgan fingerprint density at radius 3 is 2.89 bits per heavy atom. The fourth-order valence-electron chi connectivity index (χ4n) is 1.78. The molecular formula is C14H12N4O. The maximum Gasteiger partial charge on any atom is 0.222 e. The van der Waals surface area contributed by atoms with Crippen LogP contribution in [0.2, 0.25) is 0 Å². The lowest BCUT2D eigenvalue weighted by atomic mass is 10.2. The van der Waals surface area contributed by atoms with E-state index in [0.29, 0.717) is 5.95 Å². The highest BCUT2D eigenvalue weighted by molar-refractivity contribution is 5.81. The number of nitrogens with one attached hydrogen (secondary N) is 2. The molecule has 3 aromatic rings. The number of anilines is 1. The largest absolute Gasteiger partial charge is 0.508 e. The highest BCUT2D eigenvalue weighted by Gasteiger charge is 1.99. The van der Waals surface area contributed by atoms with Crippen molar-refractivity contribution < 1.29 is 5.11 Å². The number of benzene rings is 2. The van der Waals surface area contributed by atoms with Crippen LogP contribution in [-0.2, 0) is 0 Å². The van der Waals surface area contributed by atoms with Crippen LogP contribution in [0.15, 0.2) is 53.6 Å². The molecule has 5 nitrogen and oxygen atoms in total. The van der Waals surface area contributed by atoms with Gasteiger partial charge in [-0.15, -0.1) is 0 Å². The van der Waals surface area contributed by atoms with Gasteiger partial charge in [0.2, 0.25) is 5.95 Å². The molecule has 94 valence electrons. The molecule has 0 aliphatic carbocycles. The summed E-state index contributed by atoms with van der Waals surface area (Å²) in [7, 11) is 0. The quantitative estimate of drug-likeness (QED) is 0.495. The van der Waals surface area contributed by atoms with Crippen molar-refractivity contribution in [1.82, 2.24) is 9.97 Å². The van der Waals surface area contributed by atoms with Crippen LogP contribution in [0.4, 0.5) is 5.95 Å². The normalized spacial score (nSPS) is 11.2. The number of phenols is 1. The van der Waals surface area contributed by atoms with Gasteiger partial charge in [-0.1, -0.05) is 24.3 Å². The molecule has 0 bridgehead atoms. The zero-order valence-electron chi connectivity index (χ0n) is 10.0. The van der Waals surface area contributed by atoms with Gasteiger partial charge in [0.05, 0.1) is 17.2 Å². The van der Waals surface area contributed by atoms with Gasteiger partial charge in [-0.3, -0.25) is 0 Å². The van der Waals surface area contributed by atoms with E-state index in [1.54, 1.807) is 24.4 Å². The van der Waals surface area contributed by atoms with Gasteiger partial charge in [-0.2, -0.15) is 5.10 Å². The first-order chi connectivity index (χ1) is 9.31. The van der Waals surface area contributed by atoms with Gasteiger partial charge in [0.1, 0.15) is 5.75 Å². The van der Waals surface area contributed by atoms with Crippen LogP contribution in [0.5, 0.6) is 5.75 Å². The van der Waals surface area contributed by atoms with E-state index in [9.17, 15) is 5.11 Å². The molecule has 0 radical (unpaired) electrons. The summed E-state index contributed by atoms with van der Waals surface area (Å²) >= 11 is 0. The number of hydrogen-bond donors (Lipinski definition) is 3. The Bertz CT molecular complexity index is 700.